The highest BCUT2D eigenvalue weighted by Gasteiger charge is 2.07. The van der Waals surface area contributed by atoms with Gasteiger partial charge in [0.1, 0.15) is 5.82 Å². The first-order chi connectivity index (χ1) is 8.20. The second-order valence-electron chi connectivity index (χ2n) is 3.71. The molecule has 0 N–H and O–H groups in total. The normalized spacial score (nSPS) is 9.88. The molecule has 1 heterocycles. The lowest BCUT2D eigenvalue weighted by molar-refractivity contribution is 0.0971. The first-order valence-electron chi connectivity index (χ1n) is 5.22. The topological polar surface area (TPSA) is 58.7 Å². The number of benzene rings is 1. The Hall–Kier alpha value is -2.41. The number of imidazole rings is 1. The lowest BCUT2D eigenvalue weighted by atomic mass is 10.1. The molecule has 0 unspecified atom stereocenters. The lowest BCUT2D eigenvalue weighted by Crippen LogP contribution is -2.10. The highest BCUT2D eigenvalue weighted by atomic mass is 16.1. The van der Waals surface area contributed by atoms with E-state index in [1.54, 1.807) is 41.2 Å². The molecule has 0 aliphatic heterocycles. The van der Waals surface area contributed by atoms with E-state index in [0.717, 1.165) is 5.82 Å². The maximum atomic E-state index is 11.9. The van der Waals surface area contributed by atoms with Crippen LogP contribution in [-0.4, -0.2) is 15.3 Å². The molecule has 0 aliphatic rings. The molecule has 0 saturated carbocycles. The van der Waals surface area contributed by atoms with Crippen LogP contribution in [0.15, 0.2) is 36.7 Å². The Morgan fingerprint density at radius 1 is 1.41 bits per heavy atom. The Bertz CT molecular complexity index is 575. The van der Waals surface area contributed by atoms with Crippen molar-refractivity contribution in [3.8, 4) is 6.07 Å². The second-order valence-corrected chi connectivity index (χ2v) is 3.71. The first-order valence-corrected chi connectivity index (χ1v) is 5.22. The van der Waals surface area contributed by atoms with Crippen molar-refractivity contribution in [2.24, 2.45) is 0 Å². The standard InChI is InChI=1S/C13H11N3O/c1-10-15-6-7-16(10)9-13(17)12-4-2-11(8-14)3-5-12/h2-7H,9H2,1H3. The highest BCUT2D eigenvalue weighted by molar-refractivity contribution is 5.96. The minimum absolute atomic E-state index is 0.00981. The number of Topliss-reactive ketones (excluding diaryl/α,β-unsaturated/α-hetero) is 1. The summed E-state index contributed by atoms with van der Waals surface area (Å²) < 4.78 is 1.79. The van der Waals surface area contributed by atoms with Crippen LogP contribution in [0.25, 0.3) is 0 Å². The Labute approximate surface area is 99.1 Å². The van der Waals surface area contributed by atoms with Gasteiger partial charge in [-0.3, -0.25) is 4.79 Å². The van der Waals surface area contributed by atoms with Crippen LogP contribution in [0.4, 0.5) is 0 Å². The van der Waals surface area contributed by atoms with E-state index in [0.29, 0.717) is 11.1 Å². The minimum Gasteiger partial charge on any atom is -0.327 e. The molecule has 84 valence electrons. The predicted octanol–water partition coefficient (Wildman–Crippen LogP) is 1.95. The minimum atomic E-state index is 0.00981. The summed E-state index contributed by atoms with van der Waals surface area (Å²) >= 11 is 0. The van der Waals surface area contributed by atoms with Crippen molar-refractivity contribution in [3.05, 3.63) is 53.6 Å². The van der Waals surface area contributed by atoms with Crippen LogP contribution >= 0.6 is 0 Å². The number of carbonyl (C=O) groups excluding carboxylic acids is 1. The van der Waals surface area contributed by atoms with Crippen molar-refractivity contribution in [2.45, 2.75) is 13.5 Å². The van der Waals surface area contributed by atoms with Crippen LogP contribution in [-0.2, 0) is 6.54 Å². The predicted molar refractivity (Wildman–Crippen MR) is 62.5 cm³/mol. The van der Waals surface area contributed by atoms with Crippen molar-refractivity contribution >= 4 is 5.78 Å². The summed E-state index contributed by atoms with van der Waals surface area (Å²) in [7, 11) is 0. The van der Waals surface area contributed by atoms with E-state index in [1.165, 1.54) is 0 Å². The number of ketones is 1. The second kappa shape index (κ2) is 4.62. The van der Waals surface area contributed by atoms with E-state index >= 15 is 0 Å². The number of hydrogen-bond acceptors (Lipinski definition) is 3. The molecule has 0 bridgehead atoms. The van der Waals surface area contributed by atoms with Crippen molar-refractivity contribution in [1.82, 2.24) is 9.55 Å². The van der Waals surface area contributed by atoms with E-state index in [4.69, 9.17) is 5.26 Å². The number of nitriles is 1. The number of aromatic nitrogens is 2. The molecule has 0 fully saturated rings. The molecular weight excluding hydrogens is 214 g/mol. The fourth-order valence-electron chi connectivity index (χ4n) is 1.55. The Morgan fingerprint density at radius 3 is 2.65 bits per heavy atom. The van der Waals surface area contributed by atoms with Gasteiger partial charge in [0.05, 0.1) is 18.2 Å². The van der Waals surface area contributed by atoms with E-state index < -0.39 is 0 Å². The molecule has 2 aromatic rings. The van der Waals surface area contributed by atoms with Gasteiger partial charge in [-0.1, -0.05) is 12.1 Å². The molecular formula is C13H11N3O. The molecule has 0 amide bonds. The van der Waals surface area contributed by atoms with Crippen molar-refractivity contribution < 1.29 is 4.79 Å². The average Bonchev–Trinajstić information content (AvgIpc) is 2.75. The first kappa shape index (κ1) is 11.1. The highest BCUT2D eigenvalue weighted by Crippen LogP contribution is 2.06. The molecule has 1 aromatic carbocycles. The van der Waals surface area contributed by atoms with Gasteiger partial charge in [-0.2, -0.15) is 5.26 Å². The van der Waals surface area contributed by atoms with Crippen LogP contribution < -0.4 is 0 Å². The molecule has 1 aromatic heterocycles. The molecule has 17 heavy (non-hydrogen) atoms. The zero-order valence-electron chi connectivity index (χ0n) is 9.42. The quantitative estimate of drug-likeness (QED) is 0.750. The fourth-order valence-corrected chi connectivity index (χ4v) is 1.55. The van der Waals surface area contributed by atoms with E-state index in [2.05, 4.69) is 4.98 Å². The number of carbonyl (C=O) groups is 1. The maximum Gasteiger partial charge on any atom is 0.182 e. The maximum absolute atomic E-state index is 11.9. The van der Waals surface area contributed by atoms with Crippen molar-refractivity contribution in [3.63, 3.8) is 0 Å². The van der Waals surface area contributed by atoms with Gasteiger partial charge >= 0.3 is 0 Å². The third kappa shape index (κ3) is 2.40. The van der Waals surface area contributed by atoms with Crippen LogP contribution in [0.3, 0.4) is 0 Å². The van der Waals surface area contributed by atoms with E-state index in [-0.39, 0.29) is 12.3 Å². The Morgan fingerprint density at radius 2 is 2.12 bits per heavy atom. The SMILES string of the molecule is Cc1nccn1CC(=O)c1ccc(C#N)cc1. The summed E-state index contributed by atoms with van der Waals surface area (Å²) in [6.07, 6.45) is 3.44. The van der Waals surface area contributed by atoms with Gasteiger partial charge in [-0.25, -0.2) is 4.98 Å². The number of aryl methyl sites for hydroxylation is 1. The third-order valence-corrected chi connectivity index (χ3v) is 2.57. The number of rotatable bonds is 3. The van der Waals surface area contributed by atoms with Gasteiger partial charge in [0.2, 0.25) is 0 Å². The molecule has 0 radical (unpaired) electrons. The van der Waals surface area contributed by atoms with Crippen LogP contribution in [0.5, 0.6) is 0 Å². The van der Waals surface area contributed by atoms with Gasteiger partial charge in [0.25, 0.3) is 0 Å². The fraction of sp³-hybridized carbons (Fsp3) is 0.154. The summed E-state index contributed by atoms with van der Waals surface area (Å²) in [5.41, 5.74) is 1.16. The average molecular weight is 225 g/mol. The van der Waals surface area contributed by atoms with Gasteiger partial charge < -0.3 is 4.57 Å². The summed E-state index contributed by atoms with van der Waals surface area (Å²) in [4.78, 5) is 16.0. The van der Waals surface area contributed by atoms with Gasteiger partial charge in [-0.15, -0.1) is 0 Å². The molecule has 0 saturated heterocycles. The van der Waals surface area contributed by atoms with Crippen molar-refractivity contribution in [1.29, 1.82) is 5.26 Å². The summed E-state index contributed by atoms with van der Waals surface area (Å²) in [5, 5.41) is 8.66. The largest absolute Gasteiger partial charge is 0.327 e. The summed E-state index contributed by atoms with van der Waals surface area (Å²) in [6.45, 7) is 2.13. The van der Waals surface area contributed by atoms with Gasteiger partial charge in [0, 0.05) is 18.0 Å². The molecule has 4 nitrogen and oxygen atoms in total. The zero-order valence-corrected chi connectivity index (χ0v) is 9.42. The van der Waals surface area contributed by atoms with Crippen molar-refractivity contribution in [2.75, 3.05) is 0 Å². The third-order valence-electron chi connectivity index (χ3n) is 2.57. The smallest absolute Gasteiger partial charge is 0.182 e. The molecule has 4 heteroatoms. The number of nitrogens with zero attached hydrogens (tertiary/aromatic N) is 3. The van der Waals surface area contributed by atoms with Gasteiger partial charge in [-0.05, 0) is 19.1 Å². The molecule has 2 rings (SSSR count). The van der Waals surface area contributed by atoms with Crippen LogP contribution in [0, 0.1) is 18.3 Å². The van der Waals surface area contributed by atoms with Crippen LogP contribution in [0.1, 0.15) is 21.7 Å². The summed E-state index contributed by atoms with van der Waals surface area (Å²) in [5.74, 6) is 0.822. The van der Waals surface area contributed by atoms with Gasteiger partial charge in [0.15, 0.2) is 5.78 Å². The monoisotopic (exact) mass is 225 g/mol. The van der Waals surface area contributed by atoms with E-state index in [9.17, 15) is 4.79 Å². The molecule has 0 spiro atoms. The Kier molecular flexibility index (Phi) is 3.01. The molecule has 0 atom stereocenters. The van der Waals surface area contributed by atoms with Crippen LogP contribution in [0.2, 0.25) is 0 Å². The zero-order chi connectivity index (χ0) is 12.3. The lowest BCUT2D eigenvalue weighted by Gasteiger charge is -2.04. The van der Waals surface area contributed by atoms with E-state index in [1.807, 2.05) is 13.0 Å². The summed E-state index contributed by atoms with van der Waals surface area (Å²) in [6, 6.07) is 8.66. The number of hydrogen-bond donors (Lipinski definition) is 0. The molecule has 0 aliphatic carbocycles. The Balaban J connectivity index is 2.15.